The number of aromatic amines is 1. The Labute approximate surface area is 225 Å². The molecule has 0 aliphatic carbocycles. The van der Waals surface area contributed by atoms with Crippen molar-refractivity contribution in [3.8, 4) is 33.4 Å². The quantitative estimate of drug-likeness (QED) is 0.103. The molecule has 0 aliphatic heterocycles. The summed E-state index contributed by atoms with van der Waals surface area (Å²) in [6, 6.07) is 19.6. The van der Waals surface area contributed by atoms with Gasteiger partial charge < -0.3 is 4.74 Å². The number of carbonyl (C=O) groups excluding carboxylic acids is 1. The highest BCUT2D eigenvalue weighted by atomic mass is 32.1. The van der Waals surface area contributed by atoms with Gasteiger partial charge in [-0.25, -0.2) is 4.98 Å². The van der Waals surface area contributed by atoms with E-state index in [9.17, 15) is 19.7 Å². The summed E-state index contributed by atoms with van der Waals surface area (Å²) in [6.45, 7) is 1.47. The van der Waals surface area contributed by atoms with Gasteiger partial charge in [0.2, 0.25) is 5.13 Å². The van der Waals surface area contributed by atoms with Gasteiger partial charge in [0.15, 0.2) is 11.5 Å². The summed E-state index contributed by atoms with van der Waals surface area (Å²) in [5.74, 6) is 0.637. The average Bonchev–Trinajstić information content (AvgIpc) is 3.57. The van der Waals surface area contributed by atoms with E-state index < -0.39 is 10.5 Å². The van der Waals surface area contributed by atoms with Gasteiger partial charge in [-0.1, -0.05) is 0 Å². The maximum Gasteiger partial charge on any atom is 0.301 e. The number of hydrogen-bond acceptors (Lipinski definition) is 9. The van der Waals surface area contributed by atoms with Crippen LogP contribution in [0.5, 0.6) is 5.75 Å². The van der Waals surface area contributed by atoms with E-state index in [-0.39, 0.29) is 17.2 Å². The van der Waals surface area contributed by atoms with E-state index in [2.05, 4.69) is 20.3 Å². The molecule has 3 aromatic carbocycles. The van der Waals surface area contributed by atoms with Gasteiger partial charge in [-0.3, -0.25) is 24.8 Å². The third-order valence-electron chi connectivity index (χ3n) is 5.84. The Hall–Kier alpha value is -5.23. The van der Waals surface area contributed by atoms with Crippen molar-refractivity contribution in [3.63, 3.8) is 0 Å². The molecular weight excluding hydrogens is 520 g/mol. The van der Waals surface area contributed by atoms with E-state index in [0.29, 0.717) is 39.1 Å². The number of non-ortho nitro benzene ring substituents is 1. The topological polar surface area (TPSA) is 145 Å². The third-order valence-corrected chi connectivity index (χ3v) is 6.67. The standard InChI is InChI=1S/C27H20N6O5S/c1-16(34)17-3-9-20(10-4-17)29-30-25-24(19-5-11-21(12-6-19)33(36)37)31-32(26(25)35)27-28-23(15-39-27)18-7-13-22(38-2)14-8-18/h3-15,31H,1-2H3. The van der Waals surface area contributed by atoms with Gasteiger partial charge in [0, 0.05) is 34.2 Å². The summed E-state index contributed by atoms with van der Waals surface area (Å²) in [7, 11) is 1.59. The number of aromatic nitrogens is 3. The molecule has 5 aromatic rings. The fraction of sp³-hybridized carbons (Fsp3) is 0.0741. The lowest BCUT2D eigenvalue weighted by atomic mass is 10.1. The molecule has 0 saturated heterocycles. The van der Waals surface area contributed by atoms with Crippen molar-refractivity contribution in [1.29, 1.82) is 0 Å². The molecular formula is C27H20N6O5S. The smallest absolute Gasteiger partial charge is 0.301 e. The number of nitrogens with zero attached hydrogens (tertiary/aromatic N) is 5. The molecule has 0 bridgehead atoms. The van der Waals surface area contributed by atoms with Gasteiger partial charge in [0.05, 0.1) is 29.1 Å². The highest BCUT2D eigenvalue weighted by Crippen LogP contribution is 2.31. The largest absolute Gasteiger partial charge is 0.497 e. The number of carbonyl (C=O) groups is 1. The molecule has 39 heavy (non-hydrogen) atoms. The molecule has 194 valence electrons. The van der Waals surface area contributed by atoms with Crippen molar-refractivity contribution in [2.75, 3.05) is 7.11 Å². The lowest BCUT2D eigenvalue weighted by molar-refractivity contribution is -0.384. The van der Waals surface area contributed by atoms with Crippen LogP contribution in [-0.4, -0.2) is 32.6 Å². The van der Waals surface area contributed by atoms with Crippen molar-refractivity contribution in [3.05, 3.63) is 104 Å². The van der Waals surface area contributed by atoms with Gasteiger partial charge in [0.1, 0.15) is 5.75 Å². The van der Waals surface area contributed by atoms with Crippen LogP contribution in [0.1, 0.15) is 17.3 Å². The van der Waals surface area contributed by atoms with E-state index in [1.54, 1.807) is 31.4 Å². The minimum atomic E-state index is -0.501. The molecule has 0 atom stereocenters. The molecule has 0 spiro atoms. The van der Waals surface area contributed by atoms with Crippen LogP contribution in [0.4, 0.5) is 17.1 Å². The Morgan fingerprint density at radius 2 is 1.67 bits per heavy atom. The molecule has 0 aliphatic rings. The Morgan fingerprint density at radius 3 is 2.28 bits per heavy atom. The van der Waals surface area contributed by atoms with Crippen molar-refractivity contribution in [2.24, 2.45) is 10.2 Å². The lowest BCUT2D eigenvalue weighted by Crippen LogP contribution is -2.13. The number of nitro groups is 1. The number of nitrogens with one attached hydrogen (secondary N) is 1. The Balaban J connectivity index is 1.56. The molecule has 0 saturated carbocycles. The van der Waals surface area contributed by atoms with Crippen molar-refractivity contribution < 1.29 is 14.5 Å². The minimum absolute atomic E-state index is 0.000644. The number of azo groups is 1. The number of hydrogen-bond donors (Lipinski definition) is 1. The van der Waals surface area contributed by atoms with Crippen LogP contribution in [0.15, 0.2) is 93.2 Å². The molecule has 5 rings (SSSR count). The zero-order chi connectivity index (χ0) is 27.5. The predicted molar refractivity (Wildman–Crippen MR) is 147 cm³/mol. The van der Waals surface area contributed by atoms with Crippen LogP contribution in [0.2, 0.25) is 0 Å². The second-order valence-corrected chi connectivity index (χ2v) is 9.16. The molecule has 0 unspecified atom stereocenters. The first-order valence-corrected chi connectivity index (χ1v) is 12.4. The maximum absolute atomic E-state index is 13.5. The van der Waals surface area contributed by atoms with E-state index >= 15 is 0 Å². The van der Waals surface area contributed by atoms with Gasteiger partial charge >= 0.3 is 5.56 Å². The zero-order valence-electron chi connectivity index (χ0n) is 20.7. The van der Waals surface area contributed by atoms with Crippen LogP contribution in [-0.2, 0) is 0 Å². The number of methoxy groups -OCH3 is 1. The summed E-state index contributed by atoms with van der Waals surface area (Å²) in [5, 5.41) is 24.8. The van der Waals surface area contributed by atoms with Crippen LogP contribution < -0.4 is 10.3 Å². The van der Waals surface area contributed by atoms with Gasteiger partial charge in [0.25, 0.3) is 5.69 Å². The summed E-state index contributed by atoms with van der Waals surface area (Å²) in [5.41, 5.74) is 2.73. The molecule has 0 radical (unpaired) electrons. The summed E-state index contributed by atoms with van der Waals surface area (Å²) >= 11 is 1.26. The van der Waals surface area contributed by atoms with Crippen LogP contribution >= 0.6 is 11.3 Å². The zero-order valence-corrected chi connectivity index (χ0v) is 21.5. The normalized spacial score (nSPS) is 11.1. The van der Waals surface area contributed by atoms with Crippen LogP contribution in [0.25, 0.3) is 27.6 Å². The fourth-order valence-corrected chi connectivity index (χ4v) is 4.53. The Kier molecular flexibility index (Phi) is 6.93. The first-order chi connectivity index (χ1) is 18.8. The van der Waals surface area contributed by atoms with E-state index in [1.165, 1.54) is 47.2 Å². The molecule has 2 aromatic heterocycles. The summed E-state index contributed by atoms with van der Waals surface area (Å²) in [6.07, 6.45) is 0. The first kappa shape index (κ1) is 25.4. The number of ether oxygens (including phenoxy) is 1. The number of ketones is 1. The van der Waals surface area contributed by atoms with E-state index in [0.717, 1.165) is 5.56 Å². The second kappa shape index (κ2) is 10.6. The van der Waals surface area contributed by atoms with E-state index in [1.807, 2.05) is 29.6 Å². The van der Waals surface area contributed by atoms with Crippen molar-refractivity contribution in [2.45, 2.75) is 6.92 Å². The molecule has 12 heteroatoms. The average molecular weight is 541 g/mol. The summed E-state index contributed by atoms with van der Waals surface area (Å²) < 4.78 is 6.47. The number of nitro benzene ring substituents is 1. The molecule has 1 N–H and O–H groups in total. The number of thiazole rings is 1. The Morgan fingerprint density at radius 1 is 1.00 bits per heavy atom. The number of benzene rings is 3. The van der Waals surface area contributed by atoms with Crippen molar-refractivity contribution in [1.82, 2.24) is 14.8 Å². The fourth-order valence-electron chi connectivity index (χ4n) is 3.74. The highest BCUT2D eigenvalue weighted by molar-refractivity contribution is 7.12. The van der Waals surface area contributed by atoms with Gasteiger partial charge in [-0.15, -0.1) is 16.5 Å². The third kappa shape index (κ3) is 5.26. The molecule has 11 nitrogen and oxygen atoms in total. The first-order valence-electron chi connectivity index (χ1n) is 11.6. The predicted octanol–water partition coefficient (Wildman–Crippen LogP) is 6.49. The maximum atomic E-state index is 13.5. The molecule has 2 heterocycles. The number of Topliss-reactive ketones (excluding diaryl/α,β-unsaturated/α-hetero) is 1. The van der Waals surface area contributed by atoms with Crippen molar-refractivity contribution >= 4 is 34.2 Å². The number of rotatable bonds is 8. The molecule has 0 amide bonds. The Bertz CT molecular complexity index is 1750. The van der Waals surface area contributed by atoms with Gasteiger partial charge in [-0.2, -0.15) is 9.80 Å². The van der Waals surface area contributed by atoms with Gasteiger partial charge in [-0.05, 0) is 67.6 Å². The minimum Gasteiger partial charge on any atom is -0.497 e. The van der Waals surface area contributed by atoms with E-state index in [4.69, 9.17) is 4.74 Å². The second-order valence-electron chi connectivity index (χ2n) is 8.33. The summed E-state index contributed by atoms with van der Waals surface area (Å²) in [4.78, 5) is 40.3. The highest BCUT2D eigenvalue weighted by Gasteiger charge is 2.20. The monoisotopic (exact) mass is 540 g/mol. The SMILES string of the molecule is COc1ccc(-c2csc(-n3[nH]c(-c4ccc([N+](=O)[O-])cc4)c(N=Nc4ccc(C(C)=O)cc4)c3=O)n2)cc1. The number of H-pyrrole nitrogens is 1. The van der Waals surface area contributed by atoms with Crippen LogP contribution in [0.3, 0.4) is 0 Å². The lowest BCUT2D eigenvalue weighted by Gasteiger charge is -2.01. The van der Waals surface area contributed by atoms with Crippen LogP contribution in [0, 0.1) is 10.1 Å². The molecule has 0 fully saturated rings.